The van der Waals surface area contributed by atoms with E-state index in [4.69, 9.17) is 0 Å². The Hall–Kier alpha value is -2.60. The second-order valence-corrected chi connectivity index (χ2v) is 5.41. The van der Waals surface area contributed by atoms with Gasteiger partial charge < -0.3 is 15.4 Å². The van der Waals surface area contributed by atoms with Crippen LogP contribution in [0.1, 0.15) is 16.1 Å². The van der Waals surface area contributed by atoms with Gasteiger partial charge in [-0.2, -0.15) is 0 Å². The molecule has 3 aromatic rings. The third kappa shape index (κ3) is 2.80. The molecule has 1 heterocycles. The average Bonchev–Trinajstić information content (AvgIpc) is 2.89. The van der Waals surface area contributed by atoms with Crippen LogP contribution in [-0.2, 0) is 6.54 Å². The molecule has 3 N–H and O–H groups in total. The van der Waals surface area contributed by atoms with Crippen LogP contribution in [0.25, 0.3) is 10.8 Å². The fourth-order valence-corrected chi connectivity index (χ4v) is 2.66. The van der Waals surface area contributed by atoms with E-state index in [1.54, 1.807) is 17.5 Å². The number of amides is 1. The van der Waals surface area contributed by atoms with Crippen molar-refractivity contribution in [3.8, 4) is 5.75 Å². The number of phenols is 1. The number of carbonyl (C=O) groups is 1. The minimum atomic E-state index is -0.384. The number of aromatic amines is 1. The lowest BCUT2D eigenvalue weighted by atomic mass is 10.1. The van der Waals surface area contributed by atoms with Crippen molar-refractivity contribution in [3.05, 3.63) is 62.7 Å². The van der Waals surface area contributed by atoms with Crippen LogP contribution >= 0.6 is 11.3 Å². The normalized spacial score (nSPS) is 10.7. The van der Waals surface area contributed by atoms with Gasteiger partial charge in [-0.25, -0.2) is 0 Å². The first kappa shape index (κ1) is 13.4. The molecule has 0 aliphatic rings. The Bertz CT molecular complexity index is 866. The van der Waals surface area contributed by atoms with Gasteiger partial charge >= 0.3 is 4.87 Å². The van der Waals surface area contributed by atoms with Crippen LogP contribution in [0.4, 0.5) is 0 Å². The number of hydrogen-bond acceptors (Lipinski definition) is 4. The summed E-state index contributed by atoms with van der Waals surface area (Å²) in [5, 5.41) is 16.0. The molecule has 2 aromatic carbocycles. The van der Waals surface area contributed by atoms with E-state index in [0.717, 1.165) is 22.1 Å². The molecule has 0 aliphatic carbocycles. The summed E-state index contributed by atoms with van der Waals surface area (Å²) in [5.41, 5.74) is 0.852. The van der Waals surface area contributed by atoms with E-state index in [1.165, 1.54) is 0 Å². The molecule has 21 heavy (non-hydrogen) atoms. The number of phenolic OH excluding ortho intramolecular Hbond substituents is 1. The van der Waals surface area contributed by atoms with Gasteiger partial charge in [-0.3, -0.25) is 9.59 Å². The Balaban J connectivity index is 1.83. The quantitative estimate of drug-likeness (QED) is 0.693. The van der Waals surface area contributed by atoms with Crippen molar-refractivity contribution < 1.29 is 9.90 Å². The molecule has 5 nitrogen and oxygen atoms in total. The van der Waals surface area contributed by atoms with Crippen LogP contribution in [0.5, 0.6) is 5.75 Å². The summed E-state index contributed by atoms with van der Waals surface area (Å²) in [6.45, 7) is 0.212. The lowest BCUT2D eigenvalue weighted by molar-refractivity contribution is 0.0948. The summed E-state index contributed by atoms with van der Waals surface area (Å²) in [6.07, 6.45) is 0. The van der Waals surface area contributed by atoms with Gasteiger partial charge in [0, 0.05) is 11.1 Å². The summed E-state index contributed by atoms with van der Waals surface area (Å²) < 4.78 is 0. The first-order valence-electron chi connectivity index (χ1n) is 6.30. The van der Waals surface area contributed by atoms with Gasteiger partial charge in [0.05, 0.1) is 12.1 Å². The second-order valence-electron chi connectivity index (χ2n) is 4.57. The van der Waals surface area contributed by atoms with E-state index in [2.05, 4.69) is 10.3 Å². The van der Waals surface area contributed by atoms with Crippen LogP contribution in [-0.4, -0.2) is 16.0 Å². The molecule has 0 aliphatic heterocycles. The molecular formula is C15H12N2O3S. The first-order chi connectivity index (χ1) is 10.1. The Morgan fingerprint density at radius 3 is 2.62 bits per heavy atom. The van der Waals surface area contributed by atoms with E-state index in [1.807, 2.05) is 24.3 Å². The number of aromatic nitrogens is 1. The van der Waals surface area contributed by atoms with Gasteiger partial charge in [0.2, 0.25) is 0 Å². The zero-order chi connectivity index (χ0) is 14.8. The number of H-pyrrole nitrogens is 1. The van der Waals surface area contributed by atoms with E-state index >= 15 is 0 Å². The summed E-state index contributed by atoms with van der Waals surface area (Å²) >= 11 is 1.05. The number of rotatable bonds is 3. The number of hydrogen-bond donors (Lipinski definition) is 3. The van der Waals surface area contributed by atoms with E-state index in [9.17, 15) is 14.7 Å². The Morgan fingerprint density at radius 2 is 1.95 bits per heavy atom. The van der Waals surface area contributed by atoms with Crippen LogP contribution in [0.15, 0.2) is 46.6 Å². The van der Waals surface area contributed by atoms with Gasteiger partial charge in [-0.05, 0) is 22.9 Å². The lowest BCUT2D eigenvalue weighted by Crippen LogP contribution is -2.23. The maximum Gasteiger partial charge on any atom is 0.304 e. The number of benzene rings is 2. The Labute approximate surface area is 123 Å². The molecule has 0 bridgehead atoms. The van der Waals surface area contributed by atoms with Crippen molar-refractivity contribution in [3.63, 3.8) is 0 Å². The summed E-state index contributed by atoms with van der Waals surface area (Å²) in [5.74, 6) is -0.449. The average molecular weight is 300 g/mol. The van der Waals surface area contributed by atoms with E-state index in [0.29, 0.717) is 5.69 Å². The molecule has 6 heteroatoms. The number of thiazole rings is 1. The van der Waals surface area contributed by atoms with E-state index in [-0.39, 0.29) is 28.6 Å². The van der Waals surface area contributed by atoms with Crippen LogP contribution < -0.4 is 10.2 Å². The molecule has 1 amide bonds. The molecule has 0 saturated carbocycles. The SMILES string of the molecule is O=C(NCc1csc(=O)[nH]1)c1cc2ccccc2cc1O. The highest BCUT2D eigenvalue weighted by atomic mass is 32.1. The molecule has 3 rings (SSSR count). The van der Waals surface area contributed by atoms with Gasteiger partial charge in [-0.1, -0.05) is 35.6 Å². The zero-order valence-corrected chi connectivity index (χ0v) is 11.7. The maximum atomic E-state index is 12.1. The smallest absolute Gasteiger partial charge is 0.304 e. The van der Waals surface area contributed by atoms with Gasteiger partial charge in [0.1, 0.15) is 5.75 Å². The number of fused-ring (bicyclic) bond motifs is 1. The molecule has 0 unspecified atom stereocenters. The van der Waals surface area contributed by atoms with Crippen LogP contribution in [0.2, 0.25) is 0 Å². The van der Waals surface area contributed by atoms with Crippen molar-refractivity contribution in [2.75, 3.05) is 0 Å². The molecule has 0 fully saturated rings. The van der Waals surface area contributed by atoms with Crippen LogP contribution in [0, 0.1) is 0 Å². The fraction of sp³-hybridized carbons (Fsp3) is 0.0667. The first-order valence-corrected chi connectivity index (χ1v) is 7.18. The third-order valence-electron chi connectivity index (χ3n) is 3.12. The predicted octanol–water partition coefficient (Wildman–Crippen LogP) is 2.23. The second kappa shape index (κ2) is 5.41. The molecule has 0 spiro atoms. The van der Waals surface area contributed by atoms with Crippen molar-refractivity contribution in [1.82, 2.24) is 10.3 Å². The maximum absolute atomic E-state index is 12.1. The topological polar surface area (TPSA) is 82.2 Å². The largest absolute Gasteiger partial charge is 0.507 e. The van der Waals surface area contributed by atoms with Gasteiger partial charge in [0.25, 0.3) is 5.91 Å². The van der Waals surface area contributed by atoms with Gasteiger partial charge in [-0.15, -0.1) is 0 Å². The highest BCUT2D eigenvalue weighted by Crippen LogP contribution is 2.24. The molecular weight excluding hydrogens is 288 g/mol. The number of aromatic hydroxyl groups is 1. The predicted molar refractivity (Wildman–Crippen MR) is 81.7 cm³/mol. The van der Waals surface area contributed by atoms with Crippen molar-refractivity contribution in [2.24, 2.45) is 0 Å². The van der Waals surface area contributed by atoms with Crippen molar-refractivity contribution >= 4 is 28.0 Å². The Morgan fingerprint density at radius 1 is 1.24 bits per heavy atom. The molecule has 0 saturated heterocycles. The standard InChI is InChI=1S/C15H12N2O3S/c18-13-6-10-4-2-1-3-9(10)5-12(13)14(19)16-7-11-8-21-15(20)17-11/h1-6,8,18H,7H2,(H,16,19)(H,17,20). The highest BCUT2D eigenvalue weighted by Gasteiger charge is 2.12. The lowest BCUT2D eigenvalue weighted by Gasteiger charge is -2.07. The van der Waals surface area contributed by atoms with Crippen molar-refractivity contribution in [1.29, 1.82) is 0 Å². The number of carbonyl (C=O) groups excluding carboxylic acids is 1. The van der Waals surface area contributed by atoms with Gasteiger partial charge in [0.15, 0.2) is 0 Å². The number of nitrogens with one attached hydrogen (secondary N) is 2. The minimum absolute atomic E-state index is 0.0648. The molecule has 1 aromatic heterocycles. The monoisotopic (exact) mass is 300 g/mol. The summed E-state index contributed by atoms with van der Waals surface area (Å²) in [4.78, 5) is 25.6. The molecule has 0 radical (unpaired) electrons. The summed E-state index contributed by atoms with van der Waals surface area (Å²) in [6, 6.07) is 10.7. The fourth-order valence-electron chi connectivity index (χ4n) is 2.08. The van der Waals surface area contributed by atoms with Crippen LogP contribution in [0.3, 0.4) is 0 Å². The third-order valence-corrected chi connectivity index (χ3v) is 3.84. The van der Waals surface area contributed by atoms with Crippen molar-refractivity contribution in [2.45, 2.75) is 6.54 Å². The van der Waals surface area contributed by atoms with E-state index < -0.39 is 0 Å². The molecule has 106 valence electrons. The minimum Gasteiger partial charge on any atom is -0.507 e. The highest BCUT2D eigenvalue weighted by molar-refractivity contribution is 7.07. The summed E-state index contributed by atoms with van der Waals surface area (Å²) in [7, 11) is 0. The zero-order valence-electron chi connectivity index (χ0n) is 10.9. The molecule has 0 atom stereocenters. The Kier molecular flexibility index (Phi) is 3.45.